The molecule has 7 heteroatoms. The molecule has 23 heavy (non-hydrogen) atoms. The van der Waals surface area contributed by atoms with Crippen LogP contribution in [0.15, 0.2) is 18.2 Å². The fourth-order valence-corrected chi connectivity index (χ4v) is 3.02. The van der Waals surface area contributed by atoms with E-state index >= 15 is 0 Å². The lowest BCUT2D eigenvalue weighted by atomic mass is 10.00. The van der Waals surface area contributed by atoms with Crippen LogP contribution >= 0.6 is 12.4 Å². The molecule has 1 atom stereocenters. The number of hydrogen-bond acceptors (Lipinski definition) is 3. The number of hydrogen-bond donors (Lipinski definition) is 2. The molecular formula is C16H22ClF2N3O. The van der Waals surface area contributed by atoms with Gasteiger partial charge in [-0.1, -0.05) is 6.07 Å². The lowest BCUT2D eigenvalue weighted by Crippen LogP contribution is -2.55. The van der Waals surface area contributed by atoms with Crippen molar-refractivity contribution < 1.29 is 13.6 Å². The third-order valence-corrected chi connectivity index (χ3v) is 4.45. The van der Waals surface area contributed by atoms with Crippen LogP contribution in [0.25, 0.3) is 0 Å². The molecule has 3 rings (SSSR count). The molecule has 0 bridgehead atoms. The Kier molecular flexibility index (Phi) is 6.33. The van der Waals surface area contributed by atoms with E-state index in [0.717, 1.165) is 32.5 Å². The molecular weight excluding hydrogens is 324 g/mol. The SMILES string of the molecule is Cl.O=C(NC1CCCN(Cc2c(F)cccc2F)C1)C1CNC1. The van der Waals surface area contributed by atoms with Crippen LogP contribution < -0.4 is 10.6 Å². The molecule has 2 aliphatic rings. The van der Waals surface area contributed by atoms with Gasteiger partial charge >= 0.3 is 0 Å². The second-order valence-electron chi connectivity index (χ2n) is 6.14. The number of amides is 1. The zero-order chi connectivity index (χ0) is 15.5. The van der Waals surface area contributed by atoms with Gasteiger partial charge in [-0.3, -0.25) is 9.69 Å². The van der Waals surface area contributed by atoms with Crippen molar-refractivity contribution in [3.05, 3.63) is 35.4 Å². The van der Waals surface area contributed by atoms with E-state index in [0.29, 0.717) is 6.54 Å². The van der Waals surface area contributed by atoms with Crippen LogP contribution in [0.5, 0.6) is 0 Å². The number of rotatable bonds is 4. The van der Waals surface area contributed by atoms with Crippen molar-refractivity contribution in [1.82, 2.24) is 15.5 Å². The van der Waals surface area contributed by atoms with Gasteiger partial charge in [-0.15, -0.1) is 12.4 Å². The molecule has 1 unspecified atom stereocenters. The predicted molar refractivity (Wildman–Crippen MR) is 86.4 cm³/mol. The Morgan fingerprint density at radius 3 is 2.61 bits per heavy atom. The van der Waals surface area contributed by atoms with Crippen LogP contribution in [0, 0.1) is 17.6 Å². The minimum absolute atomic E-state index is 0. The maximum atomic E-state index is 13.7. The van der Waals surface area contributed by atoms with E-state index in [-0.39, 0.29) is 42.4 Å². The number of nitrogens with one attached hydrogen (secondary N) is 2. The number of piperidine rings is 1. The van der Waals surface area contributed by atoms with E-state index in [2.05, 4.69) is 10.6 Å². The van der Waals surface area contributed by atoms with Crippen LogP contribution in [0.3, 0.4) is 0 Å². The van der Waals surface area contributed by atoms with Gasteiger partial charge in [-0.2, -0.15) is 0 Å². The number of carbonyl (C=O) groups excluding carboxylic acids is 1. The molecule has 128 valence electrons. The smallest absolute Gasteiger partial charge is 0.225 e. The first kappa shape index (κ1) is 18.1. The van der Waals surface area contributed by atoms with Crippen molar-refractivity contribution >= 4 is 18.3 Å². The van der Waals surface area contributed by atoms with E-state index < -0.39 is 11.6 Å². The maximum absolute atomic E-state index is 13.7. The van der Waals surface area contributed by atoms with Crippen LogP contribution in [-0.4, -0.2) is 43.0 Å². The van der Waals surface area contributed by atoms with Crippen molar-refractivity contribution in [3.63, 3.8) is 0 Å². The standard InChI is InChI=1S/C16H21F2N3O.ClH/c17-14-4-1-5-15(18)13(14)10-21-6-2-3-12(9-21)20-16(22)11-7-19-8-11;/h1,4-5,11-12,19H,2-3,6-10H2,(H,20,22);1H. The molecule has 2 N–H and O–H groups in total. The summed E-state index contributed by atoms with van der Waals surface area (Å²) in [5, 5.41) is 6.14. The summed E-state index contributed by atoms with van der Waals surface area (Å²) in [5.41, 5.74) is 0.109. The highest BCUT2D eigenvalue weighted by molar-refractivity contribution is 5.85. The Hall–Kier alpha value is -1.24. The Labute approximate surface area is 141 Å². The Balaban J connectivity index is 0.00000192. The number of carbonyl (C=O) groups is 1. The molecule has 0 aliphatic carbocycles. The minimum atomic E-state index is -0.508. The monoisotopic (exact) mass is 345 g/mol. The highest BCUT2D eigenvalue weighted by atomic mass is 35.5. The molecule has 0 aromatic heterocycles. The molecule has 0 radical (unpaired) electrons. The zero-order valence-corrected chi connectivity index (χ0v) is 13.7. The molecule has 0 saturated carbocycles. The van der Waals surface area contributed by atoms with Crippen molar-refractivity contribution in [2.24, 2.45) is 5.92 Å². The van der Waals surface area contributed by atoms with Gasteiger partial charge in [0.1, 0.15) is 11.6 Å². The maximum Gasteiger partial charge on any atom is 0.225 e. The quantitative estimate of drug-likeness (QED) is 0.873. The fraction of sp³-hybridized carbons (Fsp3) is 0.562. The van der Waals surface area contributed by atoms with Crippen LogP contribution in [0.2, 0.25) is 0 Å². The second kappa shape index (κ2) is 8.04. The average Bonchev–Trinajstić information content (AvgIpc) is 2.41. The van der Waals surface area contributed by atoms with E-state index in [4.69, 9.17) is 0 Å². The lowest BCUT2D eigenvalue weighted by Gasteiger charge is -2.35. The second-order valence-corrected chi connectivity index (χ2v) is 6.14. The summed E-state index contributed by atoms with van der Waals surface area (Å²) in [4.78, 5) is 14.0. The van der Waals surface area contributed by atoms with Crippen molar-refractivity contribution in [1.29, 1.82) is 0 Å². The van der Waals surface area contributed by atoms with E-state index in [9.17, 15) is 13.6 Å². The molecule has 4 nitrogen and oxygen atoms in total. The van der Waals surface area contributed by atoms with Crippen molar-refractivity contribution in [2.75, 3.05) is 26.2 Å². The summed E-state index contributed by atoms with van der Waals surface area (Å²) in [6.45, 7) is 3.16. The highest BCUT2D eigenvalue weighted by Crippen LogP contribution is 2.18. The summed E-state index contributed by atoms with van der Waals surface area (Å²) in [7, 11) is 0. The fourth-order valence-electron chi connectivity index (χ4n) is 3.02. The number of nitrogens with zero attached hydrogens (tertiary/aromatic N) is 1. The van der Waals surface area contributed by atoms with Crippen LogP contribution in [0.1, 0.15) is 18.4 Å². The molecule has 2 aliphatic heterocycles. The van der Waals surface area contributed by atoms with Gasteiger partial charge in [0.25, 0.3) is 0 Å². The first-order valence-corrected chi connectivity index (χ1v) is 7.80. The largest absolute Gasteiger partial charge is 0.352 e. The Morgan fingerprint density at radius 1 is 1.30 bits per heavy atom. The van der Waals surface area contributed by atoms with Gasteiger partial charge in [0.15, 0.2) is 0 Å². The van der Waals surface area contributed by atoms with Gasteiger partial charge in [0.05, 0.1) is 5.92 Å². The molecule has 0 spiro atoms. The van der Waals surface area contributed by atoms with Crippen molar-refractivity contribution in [2.45, 2.75) is 25.4 Å². The number of likely N-dealkylation sites (tertiary alicyclic amines) is 1. The summed E-state index contributed by atoms with van der Waals surface area (Å²) in [5.74, 6) is -0.861. The molecule has 2 heterocycles. The molecule has 1 aromatic carbocycles. The van der Waals surface area contributed by atoms with Crippen LogP contribution in [0.4, 0.5) is 8.78 Å². The van der Waals surface area contributed by atoms with Crippen molar-refractivity contribution in [3.8, 4) is 0 Å². The topological polar surface area (TPSA) is 44.4 Å². The first-order valence-electron chi connectivity index (χ1n) is 7.80. The third-order valence-electron chi connectivity index (χ3n) is 4.45. The van der Waals surface area contributed by atoms with E-state index in [1.54, 1.807) is 0 Å². The molecule has 1 amide bonds. The van der Waals surface area contributed by atoms with Gasteiger partial charge in [0.2, 0.25) is 5.91 Å². The lowest BCUT2D eigenvalue weighted by molar-refractivity contribution is -0.127. The molecule has 2 saturated heterocycles. The third kappa shape index (κ3) is 4.40. The van der Waals surface area contributed by atoms with Crippen LogP contribution in [-0.2, 0) is 11.3 Å². The highest BCUT2D eigenvalue weighted by Gasteiger charge is 2.28. The summed E-state index contributed by atoms with van der Waals surface area (Å²) in [6.07, 6.45) is 1.84. The molecule has 2 fully saturated rings. The summed E-state index contributed by atoms with van der Waals surface area (Å²) >= 11 is 0. The van der Waals surface area contributed by atoms with E-state index in [1.807, 2.05) is 4.90 Å². The Morgan fingerprint density at radius 2 is 2.00 bits per heavy atom. The predicted octanol–water partition coefficient (Wildman–Crippen LogP) is 1.69. The number of benzene rings is 1. The summed E-state index contributed by atoms with van der Waals surface area (Å²) < 4.78 is 27.5. The minimum Gasteiger partial charge on any atom is -0.352 e. The van der Waals surface area contributed by atoms with Gasteiger partial charge < -0.3 is 10.6 Å². The number of halogens is 3. The average molecular weight is 346 g/mol. The normalized spacial score (nSPS) is 22.1. The first-order chi connectivity index (χ1) is 10.6. The van der Waals surface area contributed by atoms with Gasteiger partial charge in [-0.05, 0) is 31.5 Å². The van der Waals surface area contributed by atoms with Gasteiger partial charge in [0, 0.05) is 37.8 Å². The Bertz CT molecular complexity index is 534. The van der Waals surface area contributed by atoms with E-state index in [1.165, 1.54) is 18.2 Å². The molecule has 1 aromatic rings. The summed E-state index contributed by atoms with van der Waals surface area (Å²) in [6, 6.07) is 4.01. The zero-order valence-electron chi connectivity index (χ0n) is 12.9. The van der Waals surface area contributed by atoms with Gasteiger partial charge in [-0.25, -0.2) is 8.78 Å².